The first kappa shape index (κ1) is 23.1. The van der Waals surface area contributed by atoms with Crippen LogP contribution in [0.4, 0.5) is 5.69 Å². The van der Waals surface area contributed by atoms with E-state index in [-0.39, 0.29) is 16.5 Å². The molecule has 3 rings (SSSR count). The number of nitrogens with zero attached hydrogens (tertiary/aromatic N) is 3. The molecule has 8 nitrogen and oxygen atoms in total. The van der Waals surface area contributed by atoms with Gasteiger partial charge < -0.3 is 10.1 Å². The third-order valence-electron chi connectivity index (χ3n) is 5.05. The molecule has 0 saturated heterocycles. The van der Waals surface area contributed by atoms with E-state index in [0.717, 1.165) is 21.5 Å². The second kappa shape index (κ2) is 8.89. The molecule has 2 heterocycles. The highest BCUT2D eigenvalue weighted by Crippen LogP contribution is 2.34. The summed E-state index contributed by atoms with van der Waals surface area (Å²) in [5.74, 6) is 0.667. The van der Waals surface area contributed by atoms with E-state index in [1.165, 1.54) is 34.9 Å². The molecule has 1 N–H and O–H groups in total. The quantitative estimate of drug-likeness (QED) is 0.571. The number of carbonyl (C=O) groups is 1. The summed E-state index contributed by atoms with van der Waals surface area (Å²) in [5.41, 5.74) is 1.90. The molecule has 1 amide bonds. The summed E-state index contributed by atoms with van der Waals surface area (Å²) < 4.78 is 32.5. The normalized spacial score (nSPS) is 11.8. The standard InChI is InChI=1S/C21H26N4O4S2/c1-7-25(8-2)31(27,28)15-9-10-17(29-6)16(11-15)24-20(26)19-12(3)18-13(4)22-14(5)23-21(18)30-19/h9-11H,7-8H2,1-6H3,(H,24,26). The number of carbonyl (C=O) groups excluding carboxylic acids is 1. The van der Waals surface area contributed by atoms with Crippen molar-refractivity contribution in [3.8, 4) is 5.75 Å². The second-order valence-electron chi connectivity index (χ2n) is 7.00. The number of thiophene rings is 1. The van der Waals surface area contributed by atoms with Crippen LogP contribution in [0, 0.1) is 20.8 Å². The Hall–Kier alpha value is -2.56. The van der Waals surface area contributed by atoms with Gasteiger partial charge in [0.15, 0.2) is 0 Å². The lowest BCUT2D eigenvalue weighted by molar-refractivity contribution is 0.102. The average Bonchev–Trinajstić information content (AvgIpc) is 3.05. The topological polar surface area (TPSA) is 101 Å². The van der Waals surface area contributed by atoms with Crippen LogP contribution in [0.3, 0.4) is 0 Å². The van der Waals surface area contributed by atoms with Gasteiger partial charge in [0.1, 0.15) is 16.4 Å². The zero-order valence-electron chi connectivity index (χ0n) is 18.4. The molecule has 0 atom stereocenters. The van der Waals surface area contributed by atoms with Crippen molar-refractivity contribution in [2.24, 2.45) is 0 Å². The molecule has 0 saturated carbocycles. The SMILES string of the molecule is CCN(CC)S(=O)(=O)c1ccc(OC)c(NC(=O)c2sc3nc(C)nc(C)c3c2C)c1. The van der Waals surface area contributed by atoms with Crippen LogP contribution in [0.15, 0.2) is 23.1 Å². The molecule has 0 radical (unpaired) electrons. The lowest BCUT2D eigenvalue weighted by atomic mass is 10.1. The minimum atomic E-state index is -3.68. The van der Waals surface area contributed by atoms with Gasteiger partial charge in [0.05, 0.1) is 22.6 Å². The summed E-state index contributed by atoms with van der Waals surface area (Å²) >= 11 is 1.28. The van der Waals surface area contributed by atoms with Crippen LogP contribution in [0.5, 0.6) is 5.75 Å². The molecule has 1 aromatic carbocycles. The smallest absolute Gasteiger partial charge is 0.266 e. The van der Waals surface area contributed by atoms with Gasteiger partial charge in [-0.1, -0.05) is 13.8 Å². The Balaban J connectivity index is 2.02. The molecule has 0 unspecified atom stereocenters. The minimum Gasteiger partial charge on any atom is -0.495 e. The lowest BCUT2D eigenvalue weighted by Gasteiger charge is -2.19. The molecule has 0 fully saturated rings. The van der Waals surface area contributed by atoms with Crippen LogP contribution < -0.4 is 10.1 Å². The minimum absolute atomic E-state index is 0.0951. The molecule has 2 aromatic heterocycles. The first-order chi connectivity index (χ1) is 14.6. The van der Waals surface area contributed by atoms with Crippen molar-refractivity contribution in [2.45, 2.75) is 39.5 Å². The molecule has 0 bridgehead atoms. The van der Waals surface area contributed by atoms with E-state index in [4.69, 9.17) is 4.74 Å². The molecule has 0 spiro atoms. The first-order valence-corrected chi connectivity index (χ1v) is 12.1. The summed E-state index contributed by atoms with van der Waals surface area (Å²) in [4.78, 5) is 23.3. The molecule has 3 aromatic rings. The van der Waals surface area contributed by atoms with Crippen LogP contribution in [0.25, 0.3) is 10.2 Å². The van der Waals surface area contributed by atoms with Crippen molar-refractivity contribution in [2.75, 3.05) is 25.5 Å². The Kier molecular flexibility index (Phi) is 6.63. The Morgan fingerprint density at radius 3 is 2.45 bits per heavy atom. The van der Waals surface area contributed by atoms with Crippen LogP contribution in [0.1, 0.15) is 40.6 Å². The fourth-order valence-corrected chi connectivity index (χ4v) is 6.18. The first-order valence-electron chi connectivity index (χ1n) is 9.87. The Bertz CT molecular complexity index is 1250. The lowest BCUT2D eigenvalue weighted by Crippen LogP contribution is -2.30. The van der Waals surface area contributed by atoms with E-state index in [1.54, 1.807) is 19.9 Å². The van der Waals surface area contributed by atoms with Crippen LogP contribution in [-0.2, 0) is 10.0 Å². The van der Waals surface area contributed by atoms with E-state index in [9.17, 15) is 13.2 Å². The summed E-state index contributed by atoms with van der Waals surface area (Å²) in [6.07, 6.45) is 0. The highest BCUT2D eigenvalue weighted by Gasteiger charge is 2.24. The van der Waals surface area contributed by atoms with Crippen molar-refractivity contribution in [1.82, 2.24) is 14.3 Å². The summed E-state index contributed by atoms with van der Waals surface area (Å²) in [6.45, 7) is 9.84. The maximum atomic E-state index is 13.1. The van der Waals surface area contributed by atoms with E-state index in [1.807, 2.05) is 20.8 Å². The fourth-order valence-electron chi connectivity index (χ4n) is 3.53. The fraction of sp³-hybridized carbons (Fsp3) is 0.381. The molecular weight excluding hydrogens is 436 g/mol. The van der Waals surface area contributed by atoms with Crippen molar-refractivity contribution in [1.29, 1.82) is 0 Å². The Morgan fingerprint density at radius 1 is 1.16 bits per heavy atom. The number of amides is 1. The van der Waals surface area contributed by atoms with Gasteiger partial charge in [-0.15, -0.1) is 11.3 Å². The number of hydrogen-bond acceptors (Lipinski definition) is 7. The number of methoxy groups -OCH3 is 1. The monoisotopic (exact) mass is 462 g/mol. The maximum absolute atomic E-state index is 13.1. The van der Waals surface area contributed by atoms with Crippen molar-refractivity contribution < 1.29 is 17.9 Å². The predicted molar refractivity (Wildman–Crippen MR) is 123 cm³/mol. The van der Waals surface area contributed by atoms with Gasteiger partial charge in [0.2, 0.25) is 10.0 Å². The third kappa shape index (κ3) is 4.28. The number of aromatic nitrogens is 2. The van der Waals surface area contributed by atoms with E-state index >= 15 is 0 Å². The zero-order valence-corrected chi connectivity index (χ0v) is 20.1. The molecule has 166 valence electrons. The van der Waals surface area contributed by atoms with Gasteiger partial charge >= 0.3 is 0 Å². The summed E-state index contributed by atoms with van der Waals surface area (Å²) in [5, 5.41) is 3.68. The molecule has 31 heavy (non-hydrogen) atoms. The van der Waals surface area contributed by atoms with Gasteiger partial charge in [0.25, 0.3) is 5.91 Å². The molecule has 0 aliphatic carbocycles. The molecule has 0 aliphatic rings. The number of fused-ring (bicyclic) bond motifs is 1. The maximum Gasteiger partial charge on any atom is 0.266 e. The van der Waals surface area contributed by atoms with Crippen LogP contribution >= 0.6 is 11.3 Å². The summed E-state index contributed by atoms with van der Waals surface area (Å²) in [7, 11) is -2.21. The van der Waals surface area contributed by atoms with Crippen LogP contribution in [-0.4, -0.2) is 48.8 Å². The number of aryl methyl sites for hydroxylation is 3. The van der Waals surface area contributed by atoms with Crippen molar-refractivity contribution in [3.05, 3.63) is 40.2 Å². The van der Waals surface area contributed by atoms with Gasteiger partial charge in [-0.3, -0.25) is 4.79 Å². The average molecular weight is 463 g/mol. The van der Waals surface area contributed by atoms with Gasteiger partial charge in [-0.2, -0.15) is 4.31 Å². The second-order valence-corrected chi connectivity index (χ2v) is 9.94. The van der Waals surface area contributed by atoms with E-state index in [0.29, 0.717) is 29.5 Å². The van der Waals surface area contributed by atoms with Gasteiger partial charge in [-0.25, -0.2) is 18.4 Å². The van der Waals surface area contributed by atoms with E-state index in [2.05, 4.69) is 15.3 Å². The van der Waals surface area contributed by atoms with E-state index < -0.39 is 10.0 Å². The number of sulfonamides is 1. The zero-order chi connectivity index (χ0) is 22.9. The van der Waals surface area contributed by atoms with Crippen LogP contribution in [0.2, 0.25) is 0 Å². The highest BCUT2D eigenvalue weighted by molar-refractivity contribution is 7.89. The number of nitrogens with one attached hydrogen (secondary N) is 1. The number of hydrogen-bond donors (Lipinski definition) is 1. The predicted octanol–water partition coefficient (Wildman–Crippen LogP) is 3.91. The number of benzene rings is 1. The molecule has 10 heteroatoms. The van der Waals surface area contributed by atoms with Gasteiger partial charge in [-0.05, 0) is 44.5 Å². The number of anilines is 1. The highest BCUT2D eigenvalue weighted by atomic mass is 32.2. The molecular formula is C21H26N4O4S2. The summed E-state index contributed by atoms with van der Waals surface area (Å²) in [6, 6.07) is 4.46. The molecule has 0 aliphatic heterocycles. The van der Waals surface area contributed by atoms with Crippen molar-refractivity contribution in [3.63, 3.8) is 0 Å². The van der Waals surface area contributed by atoms with Gasteiger partial charge in [0, 0.05) is 24.2 Å². The third-order valence-corrected chi connectivity index (χ3v) is 8.28. The Labute approximate surface area is 186 Å². The Morgan fingerprint density at radius 2 is 1.84 bits per heavy atom. The van der Waals surface area contributed by atoms with Crippen molar-refractivity contribution >= 4 is 43.2 Å². The largest absolute Gasteiger partial charge is 0.495 e. The number of rotatable bonds is 7. The number of ether oxygens (including phenoxy) is 1.